The number of aromatic nitrogens is 2. The first-order chi connectivity index (χ1) is 36.5. The van der Waals surface area contributed by atoms with E-state index in [0.717, 1.165) is 50.8 Å². The van der Waals surface area contributed by atoms with E-state index in [0.29, 0.717) is 6.67 Å². The summed E-state index contributed by atoms with van der Waals surface area (Å²) in [6.07, 6.45) is 1.95. The molecular weight excluding hydrogens is 937 g/mol. The molecule has 11 rings (SSSR count). The normalized spacial score (nSPS) is 13.4. The molecule has 10 aromatic rings. The topological polar surface area (TPSA) is 33.5 Å². The molecule has 5 nitrogen and oxygen atoms in total. The van der Waals surface area contributed by atoms with Gasteiger partial charge in [0.1, 0.15) is 24.0 Å². The molecule has 3 heterocycles. The average Bonchev–Trinajstić information content (AvgIpc) is 3.99. The standard InChI is InChI=1S/C72H74N4O/c1-68(2,3)52-29-34-64-66(43-52)75(57-38-49(48-23-17-14-18-24-48)37-56(40-57)72(12,13)51-27-21-16-22-28-51)47-74(64)58-39-55(70(7,8)9)41-60(45-58)77-59-31-32-61-62-42-54(71(10,11)50-25-19-15-20-26-50)30-33-63(62)76(65(61)46-59)67-44-53(35-36-73-67)69(4,5)6/h14-46H,47H2,1-13H3. The van der Waals surface area contributed by atoms with Crippen LogP contribution in [0.4, 0.5) is 22.7 Å². The third-order valence-corrected chi connectivity index (χ3v) is 16.4. The first-order valence-corrected chi connectivity index (χ1v) is 27.4. The molecule has 0 saturated carbocycles. The number of hydrogen-bond donors (Lipinski definition) is 0. The monoisotopic (exact) mass is 1010 g/mol. The highest BCUT2D eigenvalue weighted by Gasteiger charge is 2.34. The third kappa shape index (κ3) is 9.71. The van der Waals surface area contributed by atoms with Crippen LogP contribution >= 0.6 is 0 Å². The second-order valence-corrected chi connectivity index (χ2v) is 25.5. The molecule has 0 radical (unpaired) electrons. The Morgan fingerprint density at radius 1 is 0.364 bits per heavy atom. The van der Waals surface area contributed by atoms with Crippen molar-refractivity contribution < 1.29 is 4.74 Å². The molecule has 0 spiro atoms. The SMILES string of the molecule is CC(C)(C)c1cc(Oc2ccc3c4cc(C(C)(C)c5ccccc5)ccc4n(-c4cc(C(C)(C)C)ccn4)c3c2)cc(N2CN(c3cc(-c4ccccc4)cc(C(C)(C)c4ccccc4)c3)c3cc(C(C)(C)C)ccc32)c1. The van der Waals surface area contributed by atoms with Gasteiger partial charge in [-0.3, -0.25) is 4.57 Å². The number of benzene rings is 8. The van der Waals surface area contributed by atoms with Crippen LogP contribution in [0.15, 0.2) is 200 Å². The molecule has 1 aliphatic rings. The van der Waals surface area contributed by atoms with Gasteiger partial charge >= 0.3 is 0 Å². The Balaban J connectivity index is 1.04. The molecule has 0 N–H and O–H groups in total. The van der Waals surface area contributed by atoms with Crippen molar-refractivity contribution in [2.24, 2.45) is 0 Å². The van der Waals surface area contributed by atoms with Crippen molar-refractivity contribution in [2.75, 3.05) is 16.5 Å². The zero-order chi connectivity index (χ0) is 54.2. The fraction of sp³-hybridized carbons (Fsp3) is 0.264. The lowest BCUT2D eigenvalue weighted by atomic mass is 9.77. The smallest absolute Gasteiger partial charge is 0.137 e. The largest absolute Gasteiger partial charge is 0.457 e. The summed E-state index contributed by atoms with van der Waals surface area (Å²) in [5.41, 5.74) is 17.2. The summed E-state index contributed by atoms with van der Waals surface area (Å²) in [7, 11) is 0. The zero-order valence-electron chi connectivity index (χ0n) is 47.5. The molecular formula is C72H74N4O. The maximum atomic E-state index is 7.17. The van der Waals surface area contributed by atoms with Crippen molar-refractivity contribution in [1.29, 1.82) is 0 Å². The lowest BCUT2D eigenvalue weighted by Gasteiger charge is -2.30. The van der Waals surface area contributed by atoms with E-state index in [4.69, 9.17) is 9.72 Å². The van der Waals surface area contributed by atoms with E-state index in [9.17, 15) is 0 Å². The van der Waals surface area contributed by atoms with Crippen LogP contribution in [0.5, 0.6) is 11.5 Å². The van der Waals surface area contributed by atoms with Gasteiger partial charge in [0.2, 0.25) is 0 Å². The number of nitrogens with zero attached hydrogens (tertiary/aromatic N) is 4. The molecule has 2 aromatic heterocycles. The first kappa shape index (κ1) is 51.2. The van der Waals surface area contributed by atoms with Crippen LogP contribution in [0.1, 0.15) is 129 Å². The average molecular weight is 1010 g/mol. The van der Waals surface area contributed by atoms with Gasteiger partial charge in [-0.1, -0.05) is 199 Å². The van der Waals surface area contributed by atoms with Gasteiger partial charge in [-0.05, 0) is 139 Å². The van der Waals surface area contributed by atoms with Crippen LogP contribution in [0.2, 0.25) is 0 Å². The molecule has 0 aliphatic carbocycles. The Kier molecular flexibility index (Phi) is 12.6. The minimum atomic E-state index is -0.254. The van der Waals surface area contributed by atoms with Crippen molar-refractivity contribution in [3.05, 3.63) is 239 Å². The predicted octanol–water partition coefficient (Wildman–Crippen LogP) is 19.4. The highest BCUT2D eigenvalue weighted by molar-refractivity contribution is 6.10. The molecule has 5 heteroatoms. The zero-order valence-corrected chi connectivity index (χ0v) is 47.5. The van der Waals surface area contributed by atoms with Crippen LogP contribution in [0.25, 0.3) is 38.8 Å². The number of pyridine rings is 1. The molecule has 0 amide bonds. The molecule has 388 valence electrons. The predicted molar refractivity (Wildman–Crippen MR) is 326 cm³/mol. The van der Waals surface area contributed by atoms with Crippen LogP contribution in [-0.2, 0) is 27.1 Å². The summed E-state index contributed by atoms with van der Waals surface area (Å²) in [6.45, 7) is 30.5. The van der Waals surface area contributed by atoms with Crippen molar-refractivity contribution in [3.63, 3.8) is 0 Å². The number of ether oxygens (including phenoxy) is 1. The Morgan fingerprint density at radius 3 is 1.58 bits per heavy atom. The first-order valence-electron chi connectivity index (χ1n) is 27.4. The second kappa shape index (κ2) is 19.0. The quantitative estimate of drug-likeness (QED) is 0.137. The minimum Gasteiger partial charge on any atom is -0.457 e. The molecule has 0 bridgehead atoms. The molecule has 8 aromatic carbocycles. The molecule has 0 saturated heterocycles. The van der Waals surface area contributed by atoms with Crippen molar-refractivity contribution in [1.82, 2.24) is 9.55 Å². The molecule has 77 heavy (non-hydrogen) atoms. The number of rotatable bonds is 10. The lowest BCUT2D eigenvalue weighted by molar-refractivity contribution is 0.479. The fourth-order valence-corrected chi connectivity index (χ4v) is 11.2. The number of anilines is 4. The second-order valence-electron chi connectivity index (χ2n) is 25.5. The highest BCUT2D eigenvalue weighted by Crippen LogP contribution is 2.50. The Labute approximate surface area is 457 Å². The molecule has 0 unspecified atom stereocenters. The fourth-order valence-electron chi connectivity index (χ4n) is 11.2. The summed E-state index contributed by atoms with van der Waals surface area (Å²) in [6, 6.07) is 71.6. The Hall–Kier alpha value is -7.89. The Bertz CT molecular complexity index is 3810. The Morgan fingerprint density at radius 2 is 0.935 bits per heavy atom. The maximum absolute atomic E-state index is 7.17. The summed E-state index contributed by atoms with van der Waals surface area (Å²) < 4.78 is 9.50. The van der Waals surface area contributed by atoms with E-state index in [2.05, 4.69) is 298 Å². The molecule has 0 atom stereocenters. The summed E-state index contributed by atoms with van der Waals surface area (Å²) >= 11 is 0. The van der Waals surface area contributed by atoms with Gasteiger partial charge in [0.25, 0.3) is 0 Å². The summed E-state index contributed by atoms with van der Waals surface area (Å²) in [5, 5.41) is 2.34. The highest BCUT2D eigenvalue weighted by atomic mass is 16.5. The van der Waals surface area contributed by atoms with E-state index >= 15 is 0 Å². The van der Waals surface area contributed by atoms with Crippen LogP contribution in [-0.4, -0.2) is 16.2 Å². The van der Waals surface area contributed by atoms with E-state index in [1.165, 1.54) is 61.1 Å². The third-order valence-electron chi connectivity index (χ3n) is 16.4. The van der Waals surface area contributed by atoms with Gasteiger partial charge < -0.3 is 14.5 Å². The summed E-state index contributed by atoms with van der Waals surface area (Å²) in [5.74, 6) is 2.44. The van der Waals surface area contributed by atoms with Crippen LogP contribution in [0, 0.1) is 0 Å². The maximum Gasteiger partial charge on any atom is 0.137 e. The minimum absolute atomic E-state index is 0.0487. The lowest BCUT2D eigenvalue weighted by Crippen LogP contribution is -2.25. The van der Waals surface area contributed by atoms with Crippen LogP contribution < -0.4 is 14.5 Å². The van der Waals surface area contributed by atoms with Gasteiger partial charge in [-0.15, -0.1) is 0 Å². The summed E-state index contributed by atoms with van der Waals surface area (Å²) in [4.78, 5) is 10.0. The van der Waals surface area contributed by atoms with Crippen molar-refractivity contribution in [3.8, 4) is 28.4 Å². The van der Waals surface area contributed by atoms with E-state index in [1.54, 1.807) is 0 Å². The van der Waals surface area contributed by atoms with E-state index in [1.807, 2.05) is 6.20 Å². The van der Waals surface area contributed by atoms with Gasteiger partial charge in [0.05, 0.1) is 22.4 Å². The van der Waals surface area contributed by atoms with E-state index in [-0.39, 0.29) is 27.1 Å². The van der Waals surface area contributed by atoms with E-state index < -0.39 is 0 Å². The molecule has 1 aliphatic heterocycles. The van der Waals surface area contributed by atoms with Gasteiger partial charge in [0.15, 0.2) is 0 Å². The van der Waals surface area contributed by atoms with Crippen molar-refractivity contribution >= 4 is 44.6 Å². The molecule has 0 fully saturated rings. The van der Waals surface area contributed by atoms with Gasteiger partial charge in [0, 0.05) is 51.3 Å². The number of fused-ring (bicyclic) bond motifs is 4. The van der Waals surface area contributed by atoms with Crippen LogP contribution in [0.3, 0.4) is 0 Å². The van der Waals surface area contributed by atoms with Crippen molar-refractivity contribution in [2.45, 2.75) is 117 Å². The van der Waals surface area contributed by atoms with Gasteiger partial charge in [-0.25, -0.2) is 4.98 Å². The van der Waals surface area contributed by atoms with Gasteiger partial charge in [-0.2, -0.15) is 0 Å². The number of hydrogen-bond acceptors (Lipinski definition) is 4.